The highest BCUT2D eigenvalue weighted by Gasteiger charge is 2.39. The Hall–Kier alpha value is -2.49. The van der Waals surface area contributed by atoms with Gasteiger partial charge in [-0.15, -0.1) is 0 Å². The Morgan fingerprint density at radius 1 is 0.957 bits per heavy atom. The molecule has 1 amide bonds. The monoisotopic (exact) mass is 307 g/mol. The first-order valence-corrected chi connectivity index (χ1v) is 8.17. The number of carbonyl (C=O) groups is 1. The summed E-state index contributed by atoms with van der Waals surface area (Å²) in [4.78, 5) is 14.8. The van der Waals surface area contributed by atoms with Crippen molar-refractivity contribution in [3.05, 3.63) is 59.7 Å². The summed E-state index contributed by atoms with van der Waals surface area (Å²) in [7, 11) is 0. The van der Waals surface area contributed by atoms with Gasteiger partial charge in [0, 0.05) is 37.3 Å². The Bertz CT molecular complexity index is 731. The molecule has 2 aromatic carbocycles. The molecule has 1 spiro atoms. The molecule has 0 aliphatic carbocycles. The van der Waals surface area contributed by atoms with Gasteiger partial charge < -0.3 is 15.5 Å². The Morgan fingerprint density at radius 2 is 1.65 bits per heavy atom. The first-order chi connectivity index (χ1) is 11.2. The van der Waals surface area contributed by atoms with E-state index in [9.17, 15) is 4.79 Å². The third kappa shape index (κ3) is 2.54. The number of fused-ring (bicyclic) bond motifs is 1. The summed E-state index contributed by atoms with van der Waals surface area (Å²) in [5, 5.41) is 6.76. The number of amides is 1. The van der Waals surface area contributed by atoms with E-state index in [0.29, 0.717) is 0 Å². The van der Waals surface area contributed by atoms with Crippen molar-refractivity contribution in [2.24, 2.45) is 0 Å². The molecule has 2 aliphatic heterocycles. The number of aryl methyl sites for hydroxylation is 1. The molecule has 2 N–H and O–H groups in total. The lowest BCUT2D eigenvalue weighted by Crippen LogP contribution is -2.62. The van der Waals surface area contributed by atoms with Gasteiger partial charge in [0.15, 0.2) is 0 Å². The van der Waals surface area contributed by atoms with Crippen LogP contribution in [0.15, 0.2) is 48.5 Å². The third-order valence-corrected chi connectivity index (χ3v) is 4.91. The largest absolute Gasteiger partial charge is 0.371 e. The molecule has 0 atom stereocenters. The molecule has 4 nitrogen and oxygen atoms in total. The Balaban J connectivity index is 1.51. The van der Waals surface area contributed by atoms with Gasteiger partial charge in [0.1, 0.15) is 5.66 Å². The van der Waals surface area contributed by atoms with Crippen LogP contribution in [0.2, 0.25) is 0 Å². The molecule has 118 valence electrons. The van der Waals surface area contributed by atoms with Gasteiger partial charge in [0.2, 0.25) is 0 Å². The Labute approximate surface area is 136 Å². The average molecular weight is 307 g/mol. The van der Waals surface area contributed by atoms with Crippen LogP contribution in [0, 0.1) is 6.92 Å². The van der Waals surface area contributed by atoms with E-state index >= 15 is 0 Å². The normalized spacial score (nSPS) is 19.0. The summed E-state index contributed by atoms with van der Waals surface area (Å²) < 4.78 is 0. The summed E-state index contributed by atoms with van der Waals surface area (Å²) in [6.07, 6.45) is 1.78. The lowest BCUT2D eigenvalue weighted by molar-refractivity contribution is 0.0885. The number of hydrogen-bond donors (Lipinski definition) is 2. The zero-order chi connectivity index (χ0) is 15.9. The van der Waals surface area contributed by atoms with Gasteiger partial charge >= 0.3 is 0 Å². The van der Waals surface area contributed by atoms with Crippen molar-refractivity contribution in [1.29, 1.82) is 0 Å². The minimum Gasteiger partial charge on any atom is -0.371 e. The van der Waals surface area contributed by atoms with Crippen molar-refractivity contribution < 1.29 is 4.79 Å². The number of rotatable bonds is 1. The Kier molecular flexibility index (Phi) is 3.26. The second-order valence-corrected chi connectivity index (χ2v) is 6.53. The predicted molar refractivity (Wildman–Crippen MR) is 92.9 cm³/mol. The van der Waals surface area contributed by atoms with E-state index in [4.69, 9.17) is 0 Å². The molecular formula is C19H21N3O. The van der Waals surface area contributed by atoms with Crippen molar-refractivity contribution >= 4 is 17.3 Å². The van der Waals surface area contributed by atoms with Crippen LogP contribution in [0.4, 0.5) is 11.4 Å². The molecule has 2 heterocycles. The SMILES string of the molecule is Cc1ccc(N2CCC3(CC2)NC(=O)c2ccccc2N3)cc1. The average Bonchev–Trinajstić information content (AvgIpc) is 2.56. The second kappa shape index (κ2) is 5.30. The standard InChI is InChI=1S/C19H21N3O/c1-14-6-8-15(9-7-14)22-12-10-19(11-13-22)20-17-5-3-2-4-16(17)18(23)21-19/h2-9,20H,10-13H2,1H3,(H,21,23). The lowest BCUT2D eigenvalue weighted by atomic mass is 9.92. The lowest BCUT2D eigenvalue weighted by Gasteiger charge is -2.46. The van der Waals surface area contributed by atoms with Crippen molar-refractivity contribution in [2.45, 2.75) is 25.4 Å². The summed E-state index contributed by atoms with van der Waals surface area (Å²) in [6, 6.07) is 16.4. The van der Waals surface area contributed by atoms with Gasteiger partial charge in [-0.2, -0.15) is 0 Å². The van der Waals surface area contributed by atoms with Crippen LogP contribution in [0.5, 0.6) is 0 Å². The molecule has 0 bridgehead atoms. The molecule has 4 rings (SSSR count). The van der Waals surface area contributed by atoms with Crippen LogP contribution >= 0.6 is 0 Å². The maximum absolute atomic E-state index is 12.4. The fourth-order valence-corrected chi connectivity index (χ4v) is 3.52. The number of para-hydroxylation sites is 1. The number of carbonyl (C=O) groups excluding carboxylic acids is 1. The zero-order valence-electron chi connectivity index (χ0n) is 13.3. The summed E-state index contributed by atoms with van der Waals surface area (Å²) in [5.41, 5.74) is 3.90. The Morgan fingerprint density at radius 3 is 2.39 bits per heavy atom. The topological polar surface area (TPSA) is 44.4 Å². The van der Waals surface area contributed by atoms with Crippen molar-refractivity contribution in [3.8, 4) is 0 Å². The number of piperidine rings is 1. The predicted octanol–water partition coefficient (Wildman–Crippen LogP) is 3.15. The summed E-state index contributed by atoms with van der Waals surface area (Å²) in [5.74, 6) is 0.0307. The highest BCUT2D eigenvalue weighted by molar-refractivity contribution is 6.02. The molecule has 4 heteroatoms. The zero-order valence-corrected chi connectivity index (χ0v) is 13.3. The minimum absolute atomic E-state index is 0.0307. The van der Waals surface area contributed by atoms with E-state index in [1.54, 1.807) is 0 Å². The van der Waals surface area contributed by atoms with Crippen molar-refractivity contribution in [2.75, 3.05) is 23.3 Å². The van der Waals surface area contributed by atoms with Crippen molar-refractivity contribution in [3.63, 3.8) is 0 Å². The number of nitrogens with one attached hydrogen (secondary N) is 2. The molecular weight excluding hydrogens is 286 g/mol. The third-order valence-electron chi connectivity index (χ3n) is 4.91. The van der Waals surface area contributed by atoms with Crippen LogP contribution in [0.3, 0.4) is 0 Å². The quantitative estimate of drug-likeness (QED) is 0.850. The van der Waals surface area contributed by atoms with Gasteiger partial charge in [-0.3, -0.25) is 4.79 Å². The maximum atomic E-state index is 12.4. The number of hydrogen-bond acceptors (Lipinski definition) is 3. The smallest absolute Gasteiger partial charge is 0.255 e. The van der Waals surface area contributed by atoms with Crippen LogP contribution in [0.25, 0.3) is 0 Å². The van der Waals surface area contributed by atoms with Gasteiger partial charge in [-0.25, -0.2) is 0 Å². The molecule has 23 heavy (non-hydrogen) atoms. The van der Waals surface area contributed by atoms with E-state index in [1.807, 2.05) is 24.3 Å². The van der Waals surface area contributed by atoms with E-state index < -0.39 is 0 Å². The van der Waals surface area contributed by atoms with E-state index in [1.165, 1.54) is 11.3 Å². The van der Waals surface area contributed by atoms with Crippen LogP contribution in [-0.4, -0.2) is 24.7 Å². The molecule has 1 fully saturated rings. The summed E-state index contributed by atoms with van der Waals surface area (Å²) in [6.45, 7) is 3.96. The number of benzene rings is 2. The van der Waals surface area contributed by atoms with Crippen LogP contribution in [0.1, 0.15) is 28.8 Å². The van der Waals surface area contributed by atoms with Crippen LogP contribution in [-0.2, 0) is 0 Å². The van der Waals surface area contributed by atoms with Gasteiger partial charge in [0.05, 0.1) is 5.56 Å². The molecule has 2 aliphatic rings. The summed E-state index contributed by atoms with van der Waals surface area (Å²) >= 11 is 0. The first kappa shape index (κ1) is 14.1. The molecule has 0 unspecified atom stereocenters. The van der Waals surface area contributed by atoms with Crippen molar-refractivity contribution in [1.82, 2.24) is 5.32 Å². The molecule has 2 aromatic rings. The highest BCUT2D eigenvalue weighted by Crippen LogP contribution is 2.32. The van der Waals surface area contributed by atoms with E-state index in [-0.39, 0.29) is 11.6 Å². The second-order valence-electron chi connectivity index (χ2n) is 6.53. The van der Waals surface area contributed by atoms with Gasteiger partial charge in [0.25, 0.3) is 5.91 Å². The molecule has 0 aromatic heterocycles. The fraction of sp³-hybridized carbons (Fsp3) is 0.316. The van der Waals surface area contributed by atoms with Crippen LogP contribution < -0.4 is 15.5 Å². The number of nitrogens with zero attached hydrogens (tertiary/aromatic N) is 1. The molecule has 0 radical (unpaired) electrons. The molecule has 1 saturated heterocycles. The van der Waals surface area contributed by atoms with E-state index in [2.05, 4.69) is 46.7 Å². The van der Waals surface area contributed by atoms with E-state index in [0.717, 1.165) is 37.2 Å². The molecule has 0 saturated carbocycles. The highest BCUT2D eigenvalue weighted by atomic mass is 16.2. The van der Waals surface area contributed by atoms with Gasteiger partial charge in [-0.05, 0) is 31.2 Å². The number of anilines is 2. The minimum atomic E-state index is -0.313. The maximum Gasteiger partial charge on any atom is 0.255 e. The fourth-order valence-electron chi connectivity index (χ4n) is 3.52. The first-order valence-electron chi connectivity index (χ1n) is 8.17. The van der Waals surface area contributed by atoms with Gasteiger partial charge in [-0.1, -0.05) is 29.8 Å².